The van der Waals surface area contributed by atoms with E-state index in [1.54, 1.807) is 0 Å². The monoisotopic (exact) mass is 385 g/mol. The third-order valence-electron chi connectivity index (χ3n) is 3.72. The van der Waals surface area contributed by atoms with Gasteiger partial charge in [-0.1, -0.05) is 39.1 Å². The molecule has 2 aromatic carbocycles. The Morgan fingerprint density at radius 2 is 1.95 bits per heavy atom. The van der Waals surface area contributed by atoms with Crippen molar-refractivity contribution in [2.75, 3.05) is 7.05 Å². The van der Waals surface area contributed by atoms with Crippen LogP contribution in [0.5, 0.6) is 5.75 Å². The SMILES string of the molecule is CNC1CC(c2cc(Br)ccc2Cl)Oc2ccc(Cl)cc21. The molecule has 1 N–H and O–H groups in total. The first-order chi connectivity index (χ1) is 10.1. The maximum Gasteiger partial charge on any atom is 0.127 e. The minimum Gasteiger partial charge on any atom is -0.485 e. The molecular formula is C16H14BrCl2NO. The molecule has 0 saturated carbocycles. The minimum atomic E-state index is -0.0823. The van der Waals surface area contributed by atoms with Crippen molar-refractivity contribution >= 4 is 39.1 Å². The van der Waals surface area contributed by atoms with Crippen molar-refractivity contribution in [2.45, 2.75) is 18.6 Å². The topological polar surface area (TPSA) is 21.3 Å². The highest BCUT2D eigenvalue weighted by atomic mass is 79.9. The molecule has 21 heavy (non-hydrogen) atoms. The molecule has 1 aliphatic heterocycles. The zero-order chi connectivity index (χ0) is 15.0. The van der Waals surface area contributed by atoms with Crippen LogP contribution in [0.2, 0.25) is 10.0 Å². The van der Waals surface area contributed by atoms with Crippen LogP contribution in [0.15, 0.2) is 40.9 Å². The highest BCUT2D eigenvalue weighted by Gasteiger charge is 2.29. The Kier molecular flexibility index (Phi) is 4.46. The van der Waals surface area contributed by atoms with E-state index in [1.165, 1.54) is 0 Å². The fourth-order valence-electron chi connectivity index (χ4n) is 2.67. The average molecular weight is 387 g/mol. The van der Waals surface area contributed by atoms with Gasteiger partial charge in [-0.2, -0.15) is 0 Å². The molecule has 1 heterocycles. The van der Waals surface area contributed by atoms with Gasteiger partial charge in [0.15, 0.2) is 0 Å². The largest absolute Gasteiger partial charge is 0.485 e. The summed E-state index contributed by atoms with van der Waals surface area (Å²) in [4.78, 5) is 0. The maximum atomic E-state index is 6.33. The predicted octanol–water partition coefficient (Wildman–Crippen LogP) is 5.54. The Labute approximate surface area is 142 Å². The maximum absolute atomic E-state index is 6.33. The quantitative estimate of drug-likeness (QED) is 0.731. The lowest BCUT2D eigenvalue weighted by Crippen LogP contribution is -2.26. The van der Waals surface area contributed by atoms with Crippen LogP contribution >= 0.6 is 39.1 Å². The van der Waals surface area contributed by atoms with Gasteiger partial charge < -0.3 is 10.1 Å². The van der Waals surface area contributed by atoms with Gasteiger partial charge in [0, 0.05) is 38.1 Å². The normalized spacial score (nSPS) is 20.8. The second-order valence-corrected chi connectivity index (χ2v) is 6.79. The number of nitrogens with one attached hydrogen (secondary N) is 1. The molecular weight excluding hydrogens is 373 g/mol. The molecule has 0 radical (unpaired) electrons. The number of fused-ring (bicyclic) bond motifs is 1. The van der Waals surface area contributed by atoms with Crippen LogP contribution in [0.25, 0.3) is 0 Å². The van der Waals surface area contributed by atoms with Gasteiger partial charge in [0.05, 0.1) is 0 Å². The second kappa shape index (κ2) is 6.17. The highest BCUT2D eigenvalue weighted by Crippen LogP contribution is 2.43. The van der Waals surface area contributed by atoms with Gasteiger partial charge in [-0.3, -0.25) is 0 Å². The van der Waals surface area contributed by atoms with Crippen LogP contribution in [0, 0.1) is 0 Å². The molecule has 1 aliphatic rings. The Hall–Kier alpha value is -0.740. The van der Waals surface area contributed by atoms with Crippen LogP contribution in [0.4, 0.5) is 0 Å². The number of benzene rings is 2. The van der Waals surface area contributed by atoms with Gasteiger partial charge in [-0.15, -0.1) is 0 Å². The first-order valence-corrected chi connectivity index (χ1v) is 8.21. The molecule has 2 aromatic rings. The summed E-state index contributed by atoms with van der Waals surface area (Å²) < 4.78 is 7.13. The summed E-state index contributed by atoms with van der Waals surface area (Å²) in [6.07, 6.45) is 0.723. The lowest BCUT2D eigenvalue weighted by Gasteiger charge is -2.33. The van der Waals surface area contributed by atoms with Crippen molar-refractivity contribution < 1.29 is 4.74 Å². The van der Waals surface area contributed by atoms with Crippen molar-refractivity contribution in [1.29, 1.82) is 0 Å². The third kappa shape index (κ3) is 3.07. The smallest absolute Gasteiger partial charge is 0.127 e. The van der Waals surface area contributed by atoms with Crippen molar-refractivity contribution in [3.05, 3.63) is 62.0 Å². The van der Waals surface area contributed by atoms with E-state index >= 15 is 0 Å². The molecule has 0 spiro atoms. The van der Waals surface area contributed by atoms with Gasteiger partial charge in [0.25, 0.3) is 0 Å². The summed E-state index contributed by atoms with van der Waals surface area (Å²) >= 11 is 15.9. The molecule has 0 aliphatic carbocycles. The summed E-state index contributed by atoms with van der Waals surface area (Å²) in [6, 6.07) is 11.7. The van der Waals surface area contributed by atoms with Crippen molar-refractivity contribution in [3.63, 3.8) is 0 Å². The molecule has 0 bridgehead atoms. The van der Waals surface area contributed by atoms with Crippen LogP contribution in [-0.4, -0.2) is 7.05 Å². The number of halogens is 3. The lowest BCUT2D eigenvalue weighted by atomic mass is 9.93. The van der Waals surface area contributed by atoms with Crippen molar-refractivity contribution in [3.8, 4) is 5.75 Å². The van der Waals surface area contributed by atoms with Gasteiger partial charge in [0.1, 0.15) is 11.9 Å². The Morgan fingerprint density at radius 1 is 1.14 bits per heavy atom. The molecule has 2 nitrogen and oxygen atoms in total. The third-order valence-corrected chi connectivity index (χ3v) is 4.79. The summed E-state index contributed by atoms with van der Waals surface area (Å²) in [6.45, 7) is 0. The zero-order valence-electron chi connectivity index (χ0n) is 11.4. The van der Waals surface area contributed by atoms with Gasteiger partial charge >= 0.3 is 0 Å². The number of hydrogen-bond donors (Lipinski definition) is 1. The van der Waals surface area contributed by atoms with Crippen molar-refractivity contribution in [2.24, 2.45) is 0 Å². The molecule has 2 unspecified atom stereocenters. The average Bonchev–Trinajstić information content (AvgIpc) is 2.48. The fourth-order valence-corrected chi connectivity index (χ4v) is 3.47. The van der Waals surface area contributed by atoms with Crippen LogP contribution in [0.1, 0.15) is 29.7 Å². The fraction of sp³-hybridized carbons (Fsp3) is 0.250. The molecule has 2 atom stereocenters. The van der Waals surface area contributed by atoms with E-state index in [1.807, 2.05) is 43.4 Å². The summed E-state index contributed by atoms with van der Waals surface area (Å²) in [7, 11) is 1.94. The molecule has 110 valence electrons. The molecule has 0 fully saturated rings. The van der Waals surface area contributed by atoms with E-state index in [2.05, 4.69) is 21.2 Å². The van der Waals surface area contributed by atoms with E-state index in [-0.39, 0.29) is 12.1 Å². The Balaban J connectivity index is 2.00. The molecule has 0 saturated heterocycles. The van der Waals surface area contributed by atoms with E-state index in [0.717, 1.165) is 37.8 Å². The predicted molar refractivity (Wildman–Crippen MR) is 90.4 cm³/mol. The van der Waals surface area contributed by atoms with Crippen molar-refractivity contribution in [1.82, 2.24) is 5.32 Å². The standard InChI is InChI=1S/C16H14BrCl2NO/c1-20-14-8-16(11-6-9(17)2-4-13(11)19)21-15-5-3-10(18)7-12(14)15/h2-7,14,16,20H,8H2,1H3. The van der Waals surface area contributed by atoms with Crippen LogP contribution in [0.3, 0.4) is 0 Å². The van der Waals surface area contributed by atoms with E-state index < -0.39 is 0 Å². The molecule has 5 heteroatoms. The van der Waals surface area contributed by atoms with Crippen LogP contribution in [-0.2, 0) is 0 Å². The molecule has 0 aromatic heterocycles. The first-order valence-electron chi connectivity index (χ1n) is 6.67. The lowest BCUT2D eigenvalue weighted by molar-refractivity contribution is 0.154. The van der Waals surface area contributed by atoms with E-state index in [9.17, 15) is 0 Å². The van der Waals surface area contributed by atoms with Gasteiger partial charge in [-0.05, 0) is 43.4 Å². The highest BCUT2D eigenvalue weighted by molar-refractivity contribution is 9.10. The van der Waals surface area contributed by atoms with Gasteiger partial charge in [0.2, 0.25) is 0 Å². The Bertz CT molecular complexity index is 677. The molecule has 0 amide bonds. The number of hydrogen-bond acceptors (Lipinski definition) is 2. The Morgan fingerprint density at radius 3 is 2.71 bits per heavy atom. The zero-order valence-corrected chi connectivity index (χ0v) is 14.5. The number of ether oxygens (including phenoxy) is 1. The first kappa shape index (κ1) is 15.2. The van der Waals surface area contributed by atoms with Crippen LogP contribution < -0.4 is 10.1 Å². The van der Waals surface area contributed by atoms with Gasteiger partial charge in [-0.25, -0.2) is 0 Å². The second-order valence-electron chi connectivity index (χ2n) is 5.03. The summed E-state index contributed by atoms with van der Waals surface area (Å²) in [5, 5.41) is 4.76. The molecule has 3 rings (SSSR count). The summed E-state index contributed by atoms with van der Waals surface area (Å²) in [5.74, 6) is 0.853. The minimum absolute atomic E-state index is 0.0823. The number of rotatable bonds is 2. The summed E-state index contributed by atoms with van der Waals surface area (Å²) in [5.41, 5.74) is 2.08. The van der Waals surface area contributed by atoms with E-state index in [0.29, 0.717) is 0 Å². The van der Waals surface area contributed by atoms with E-state index in [4.69, 9.17) is 27.9 Å².